The molecule has 0 bridgehead atoms. The van der Waals surface area contributed by atoms with Gasteiger partial charge in [-0.25, -0.2) is 4.39 Å². The SMILES string of the molecule is COc1cn(CC(=O)Nc2cccc(NC(C)=O)c2)c(CSc2ccc(F)cc2)cc1=O. The molecule has 3 aromatic rings. The molecule has 0 saturated heterocycles. The molecule has 0 atom stereocenters. The number of amides is 2. The van der Waals surface area contributed by atoms with Crippen LogP contribution in [0.1, 0.15) is 12.6 Å². The van der Waals surface area contributed by atoms with Crippen molar-refractivity contribution in [2.24, 2.45) is 0 Å². The molecule has 9 heteroatoms. The van der Waals surface area contributed by atoms with Crippen LogP contribution in [0.15, 0.2) is 70.5 Å². The van der Waals surface area contributed by atoms with Crippen LogP contribution >= 0.6 is 11.8 Å². The summed E-state index contributed by atoms with van der Waals surface area (Å²) in [6.07, 6.45) is 1.50. The Labute approximate surface area is 188 Å². The van der Waals surface area contributed by atoms with Gasteiger partial charge < -0.3 is 19.9 Å². The fourth-order valence-electron chi connectivity index (χ4n) is 2.94. The summed E-state index contributed by atoms with van der Waals surface area (Å²) in [4.78, 5) is 37.0. The number of benzene rings is 2. The lowest BCUT2D eigenvalue weighted by Crippen LogP contribution is -2.22. The van der Waals surface area contributed by atoms with Crippen LogP contribution < -0.4 is 20.8 Å². The van der Waals surface area contributed by atoms with Gasteiger partial charge in [-0.3, -0.25) is 14.4 Å². The third kappa shape index (κ3) is 6.45. The van der Waals surface area contributed by atoms with Gasteiger partial charge >= 0.3 is 0 Å². The summed E-state index contributed by atoms with van der Waals surface area (Å²) in [7, 11) is 1.39. The monoisotopic (exact) mass is 455 g/mol. The summed E-state index contributed by atoms with van der Waals surface area (Å²) in [6.45, 7) is 1.35. The smallest absolute Gasteiger partial charge is 0.244 e. The van der Waals surface area contributed by atoms with E-state index >= 15 is 0 Å². The van der Waals surface area contributed by atoms with Crippen molar-refractivity contribution in [3.8, 4) is 5.75 Å². The quantitative estimate of drug-likeness (QED) is 0.503. The van der Waals surface area contributed by atoms with Crippen molar-refractivity contribution in [1.82, 2.24) is 4.57 Å². The normalized spacial score (nSPS) is 10.5. The molecule has 7 nitrogen and oxygen atoms in total. The lowest BCUT2D eigenvalue weighted by molar-refractivity contribution is -0.117. The standard InChI is InChI=1S/C23H22FN3O4S/c1-15(28)25-17-4-3-5-18(10-17)26-23(30)13-27-12-22(31-2)21(29)11-19(27)14-32-20-8-6-16(24)7-9-20/h3-12H,13-14H2,1-2H3,(H,25,28)(H,26,30). The molecular weight excluding hydrogens is 433 g/mol. The van der Waals surface area contributed by atoms with E-state index in [1.54, 1.807) is 41.0 Å². The first kappa shape index (κ1) is 23.1. The van der Waals surface area contributed by atoms with E-state index in [1.807, 2.05) is 0 Å². The Morgan fingerprint density at radius 2 is 1.75 bits per heavy atom. The summed E-state index contributed by atoms with van der Waals surface area (Å²) < 4.78 is 19.9. The number of ether oxygens (including phenoxy) is 1. The number of nitrogens with zero attached hydrogens (tertiary/aromatic N) is 1. The maximum Gasteiger partial charge on any atom is 0.244 e. The zero-order valence-electron chi connectivity index (χ0n) is 17.6. The Morgan fingerprint density at radius 3 is 2.41 bits per heavy atom. The molecule has 0 aliphatic carbocycles. The number of hydrogen-bond donors (Lipinski definition) is 2. The molecular formula is C23H22FN3O4S. The van der Waals surface area contributed by atoms with Crippen LogP contribution in [0.5, 0.6) is 5.75 Å². The second kappa shape index (κ2) is 10.6. The van der Waals surface area contributed by atoms with E-state index in [2.05, 4.69) is 10.6 Å². The van der Waals surface area contributed by atoms with Gasteiger partial charge in [0.15, 0.2) is 5.75 Å². The molecule has 32 heavy (non-hydrogen) atoms. The zero-order chi connectivity index (χ0) is 23.1. The van der Waals surface area contributed by atoms with Crippen LogP contribution in [-0.4, -0.2) is 23.5 Å². The average Bonchev–Trinajstić information content (AvgIpc) is 2.74. The molecule has 2 amide bonds. The summed E-state index contributed by atoms with van der Waals surface area (Å²) in [5.74, 6) is -0.326. The largest absolute Gasteiger partial charge is 0.491 e. The number of carbonyl (C=O) groups excluding carboxylic acids is 2. The molecule has 1 aromatic heterocycles. The number of halogens is 1. The summed E-state index contributed by atoms with van der Waals surface area (Å²) in [5, 5.41) is 5.45. The molecule has 2 N–H and O–H groups in total. The van der Waals surface area contributed by atoms with Gasteiger partial charge in [-0.05, 0) is 42.5 Å². The Bertz CT molecular complexity index is 1180. The highest BCUT2D eigenvalue weighted by Gasteiger charge is 2.12. The second-order valence-electron chi connectivity index (χ2n) is 6.88. The van der Waals surface area contributed by atoms with Gasteiger partial charge in [0.1, 0.15) is 12.4 Å². The third-order valence-electron chi connectivity index (χ3n) is 4.38. The summed E-state index contributed by atoms with van der Waals surface area (Å²) in [5.41, 5.74) is 1.42. The molecule has 0 saturated carbocycles. The van der Waals surface area contributed by atoms with E-state index in [9.17, 15) is 18.8 Å². The van der Waals surface area contributed by atoms with Crippen molar-refractivity contribution in [3.05, 3.63) is 82.5 Å². The highest BCUT2D eigenvalue weighted by atomic mass is 32.2. The molecule has 0 unspecified atom stereocenters. The van der Waals surface area contributed by atoms with Crippen LogP contribution in [0, 0.1) is 5.82 Å². The number of pyridine rings is 1. The van der Waals surface area contributed by atoms with Crippen LogP contribution in [0.4, 0.5) is 15.8 Å². The van der Waals surface area contributed by atoms with Crippen molar-refractivity contribution in [2.75, 3.05) is 17.7 Å². The van der Waals surface area contributed by atoms with Gasteiger partial charge in [-0.15, -0.1) is 11.8 Å². The van der Waals surface area contributed by atoms with Crippen LogP contribution in [0.2, 0.25) is 0 Å². The predicted molar refractivity (Wildman–Crippen MR) is 123 cm³/mol. The van der Waals surface area contributed by atoms with Crippen molar-refractivity contribution in [3.63, 3.8) is 0 Å². The number of rotatable bonds is 8. The van der Waals surface area contributed by atoms with Gasteiger partial charge in [0.05, 0.1) is 13.3 Å². The van der Waals surface area contributed by atoms with E-state index in [-0.39, 0.29) is 35.4 Å². The number of nitrogens with one attached hydrogen (secondary N) is 2. The van der Waals surface area contributed by atoms with Crippen molar-refractivity contribution in [2.45, 2.75) is 24.1 Å². The van der Waals surface area contributed by atoms with E-state index in [0.29, 0.717) is 22.8 Å². The second-order valence-corrected chi connectivity index (χ2v) is 7.93. The van der Waals surface area contributed by atoms with E-state index in [4.69, 9.17) is 4.74 Å². The number of methoxy groups -OCH3 is 1. The van der Waals surface area contributed by atoms with E-state index in [1.165, 1.54) is 50.2 Å². The predicted octanol–water partition coefficient (Wildman–Crippen LogP) is 3.89. The average molecular weight is 456 g/mol. The van der Waals surface area contributed by atoms with Crippen molar-refractivity contribution >= 4 is 35.0 Å². The van der Waals surface area contributed by atoms with Crippen LogP contribution in [-0.2, 0) is 21.9 Å². The number of carbonyl (C=O) groups is 2. The van der Waals surface area contributed by atoms with Gasteiger partial charge in [0, 0.05) is 40.7 Å². The minimum Gasteiger partial charge on any atom is -0.491 e. The Hall–Kier alpha value is -3.59. The number of hydrogen-bond acceptors (Lipinski definition) is 5. The maximum atomic E-state index is 13.1. The van der Waals surface area contributed by atoms with Gasteiger partial charge in [-0.2, -0.15) is 0 Å². The third-order valence-corrected chi connectivity index (χ3v) is 5.43. The molecule has 0 aliphatic heterocycles. The Kier molecular flexibility index (Phi) is 7.67. The minimum atomic E-state index is -0.324. The molecule has 0 aliphatic rings. The van der Waals surface area contributed by atoms with Crippen molar-refractivity contribution < 1.29 is 18.7 Å². The summed E-state index contributed by atoms with van der Waals surface area (Å²) >= 11 is 1.42. The molecule has 166 valence electrons. The Morgan fingerprint density at radius 1 is 1.06 bits per heavy atom. The first-order valence-electron chi connectivity index (χ1n) is 9.67. The lowest BCUT2D eigenvalue weighted by atomic mass is 10.2. The van der Waals surface area contributed by atoms with Crippen LogP contribution in [0.3, 0.4) is 0 Å². The number of aromatic nitrogens is 1. The first-order valence-corrected chi connectivity index (χ1v) is 10.7. The highest BCUT2D eigenvalue weighted by Crippen LogP contribution is 2.23. The highest BCUT2D eigenvalue weighted by molar-refractivity contribution is 7.98. The number of thioether (sulfide) groups is 1. The topological polar surface area (TPSA) is 89.4 Å². The summed E-state index contributed by atoms with van der Waals surface area (Å²) in [6, 6.07) is 14.3. The van der Waals surface area contributed by atoms with Gasteiger partial charge in [0.25, 0.3) is 0 Å². The van der Waals surface area contributed by atoms with E-state index in [0.717, 1.165) is 4.90 Å². The first-order chi connectivity index (χ1) is 15.3. The van der Waals surface area contributed by atoms with Crippen LogP contribution in [0.25, 0.3) is 0 Å². The fourth-order valence-corrected chi connectivity index (χ4v) is 3.83. The molecule has 0 radical (unpaired) electrons. The number of anilines is 2. The van der Waals surface area contributed by atoms with Gasteiger partial charge in [0.2, 0.25) is 17.2 Å². The Balaban J connectivity index is 1.76. The van der Waals surface area contributed by atoms with Gasteiger partial charge in [-0.1, -0.05) is 6.07 Å². The zero-order valence-corrected chi connectivity index (χ0v) is 18.4. The minimum absolute atomic E-state index is 0.0552. The molecule has 1 heterocycles. The molecule has 3 rings (SSSR count). The molecule has 0 fully saturated rings. The maximum absolute atomic E-state index is 13.1. The molecule has 0 spiro atoms. The van der Waals surface area contributed by atoms with Crippen molar-refractivity contribution in [1.29, 1.82) is 0 Å². The lowest BCUT2D eigenvalue weighted by Gasteiger charge is -2.15. The molecule has 2 aromatic carbocycles. The fraction of sp³-hybridized carbons (Fsp3) is 0.174. The van der Waals surface area contributed by atoms with E-state index < -0.39 is 0 Å².